The molecule has 1 N–H and O–H groups in total. The van der Waals surface area contributed by atoms with Crippen LogP contribution < -0.4 is 14.2 Å². The Labute approximate surface area is 239 Å². The topological polar surface area (TPSA) is 77.9 Å². The Morgan fingerprint density at radius 1 is 1.15 bits per heavy atom. The summed E-state index contributed by atoms with van der Waals surface area (Å²) < 4.78 is 74.5. The molecule has 1 atom stereocenters. The summed E-state index contributed by atoms with van der Waals surface area (Å²) >= 11 is 5.95. The number of halogens is 5. The number of fused-ring (bicyclic) bond motifs is 1. The van der Waals surface area contributed by atoms with Crippen molar-refractivity contribution in [3.63, 3.8) is 0 Å². The highest BCUT2D eigenvalue weighted by molar-refractivity contribution is 6.31. The summed E-state index contributed by atoms with van der Waals surface area (Å²) in [6, 6.07) is 9.21. The molecular formula is C30H28ClF4NO5. The van der Waals surface area contributed by atoms with Crippen molar-refractivity contribution in [3.05, 3.63) is 70.1 Å². The predicted molar refractivity (Wildman–Crippen MR) is 143 cm³/mol. The standard InChI is InChI=1S/C30H28ClF4NO5/c1-28(2)15-40-27-19(28)14-25(36-26(27)17-4-8-21(32)20(31)12-17)29(38,30(33,34)35)11-10-22(37)16-5-9-23(24(13-16)39-3)41-18-6-7-18/h4-5,8-9,12-14,18,38H,6-7,10-11,15H2,1-3H3. The van der Waals surface area contributed by atoms with E-state index in [-0.39, 0.29) is 40.3 Å². The lowest BCUT2D eigenvalue weighted by Crippen LogP contribution is -2.43. The first-order valence-corrected chi connectivity index (χ1v) is 13.4. The number of carbonyl (C=O) groups excluding carboxylic acids is 1. The Kier molecular flexibility index (Phi) is 7.44. The van der Waals surface area contributed by atoms with Crippen LogP contribution in [0.15, 0.2) is 42.5 Å². The van der Waals surface area contributed by atoms with E-state index in [4.69, 9.17) is 25.8 Å². The third-order valence-electron chi connectivity index (χ3n) is 7.38. The number of aromatic nitrogens is 1. The number of ketones is 1. The van der Waals surface area contributed by atoms with Crippen LogP contribution >= 0.6 is 11.6 Å². The number of methoxy groups -OCH3 is 1. The number of hydrogen-bond donors (Lipinski definition) is 1. The second-order valence-corrected chi connectivity index (χ2v) is 11.4. The molecule has 0 bridgehead atoms. The number of hydrogen-bond acceptors (Lipinski definition) is 6. The third kappa shape index (κ3) is 5.59. The molecule has 1 saturated carbocycles. The Morgan fingerprint density at radius 2 is 1.88 bits per heavy atom. The molecule has 41 heavy (non-hydrogen) atoms. The fourth-order valence-corrected chi connectivity index (χ4v) is 4.90. The van der Waals surface area contributed by atoms with Gasteiger partial charge in [0.1, 0.15) is 17.3 Å². The Morgan fingerprint density at radius 3 is 2.51 bits per heavy atom. The van der Waals surface area contributed by atoms with Crippen LogP contribution in [-0.2, 0) is 11.0 Å². The van der Waals surface area contributed by atoms with Crippen molar-refractivity contribution in [2.24, 2.45) is 0 Å². The van der Waals surface area contributed by atoms with E-state index in [1.54, 1.807) is 19.9 Å². The van der Waals surface area contributed by atoms with Gasteiger partial charge >= 0.3 is 6.18 Å². The molecule has 1 aliphatic heterocycles. The first-order chi connectivity index (χ1) is 19.2. The number of benzene rings is 2. The number of ether oxygens (including phenoxy) is 3. The molecule has 2 aromatic carbocycles. The lowest BCUT2D eigenvalue weighted by atomic mass is 9.83. The summed E-state index contributed by atoms with van der Waals surface area (Å²) in [5.74, 6) is -0.377. The number of carbonyl (C=O) groups is 1. The van der Waals surface area contributed by atoms with Gasteiger partial charge in [0.15, 0.2) is 17.3 Å². The molecule has 6 nitrogen and oxygen atoms in total. The summed E-state index contributed by atoms with van der Waals surface area (Å²) in [4.78, 5) is 17.2. The minimum absolute atomic E-state index is 0.0186. The molecule has 1 aliphatic carbocycles. The van der Waals surface area contributed by atoms with Gasteiger partial charge in [0.05, 0.1) is 30.5 Å². The van der Waals surface area contributed by atoms with Crippen molar-refractivity contribution < 1.29 is 41.7 Å². The number of Topliss-reactive ketones (excluding diaryl/α,β-unsaturated/α-hetero) is 1. The normalized spacial score (nSPS) is 17.4. The Bertz CT molecular complexity index is 1500. The maximum Gasteiger partial charge on any atom is 0.422 e. The van der Waals surface area contributed by atoms with Crippen LogP contribution in [0.5, 0.6) is 17.2 Å². The van der Waals surface area contributed by atoms with E-state index in [9.17, 15) is 27.5 Å². The predicted octanol–water partition coefficient (Wildman–Crippen LogP) is 7.17. The molecular weight excluding hydrogens is 566 g/mol. The van der Waals surface area contributed by atoms with E-state index in [1.165, 1.54) is 37.4 Å². The summed E-state index contributed by atoms with van der Waals surface area (Å²) in [7, 11) is 1.41. The summed E-state index contributed by atoms with van der Waals surface area (Å²) in [6.07, 6.45) is -4.91. The zero-order chi connectivity index (χ0) is 29.7. The van der Waals surface area contributed by atoms with Crippen LogP contribution in [0.2, 0.25) is 5.02 Å². The average Bonchev–Trinajstić information content (AvgIpc) is 3.69. The molecule has 0 amide bonds. The SMILES string of the molecule is COc1cc(C(=O)CCC(O)(c2cc3c(c(-c4ccc(F)c(Cl)c4)n2)OCC3(C)C)C(F)(F)F)ccc1OC1CC1. The van der Waals surface area contributed by atoms with Gasteiger partial charge in [-0.15, -0.1) is 0 Å². The molecule has 0 radical (unpaired) electrons. The van der Waals surface area contributed by atoms with Gasteiger partial charge in [-0.2, -0.15) is 13.2 Å². The molecule has 1 fully saturated rings. The van der Waals surface area contributed by atoms with E-state index in [0.717, 1.165) is 18.9 Å². The van der Waals surface area contributed by atoms with Crippen LogP contribution in [0.25, 0.3) is 11.3 Å². The maximum atomic E-state index is 14.6. The van der Waals surface area contributed by atoms with Gasteiger partial charge in [0, 0.05) is 28.5 Å². The van der Waals surface area contributed by atoms with Gasteiger partial charge in [-0.3, -0.25) is 4.79 Å². The second kappa shape index (κ2) is 10.5. The number of rotatable bonds is 9. The van der Waals surface area contributed by atoms with Gasteiger partial charge in [-0.1, -0.05) is 25.4 Å². The number of aliphatic hydroxyl groups is 1. The first-order valence-electron chi connectivity index (χ1n) is 13.0. The van der Waals surface area contributed by atoms with Crippen LogP contribution in [0.1, 0.15) is 61.1 Å². The fraction of sp³-hybridized carbons (Fsp3) is 0.400. The van der Waals surface area contributed by atoms with Gasteiger partial charge in [-0.25, -0.2) is 9.37 Å². The van der Waals surface area contributed by atoms with E-state index in [1.807, 2.05) is 0 Å². The molecule has 3 aromatic rings. The van der Waals surface area contributed by atoms with Gasteiger partial charge in [0.2, 0.25) is 5.60 Å². The molecule has 1 aromatic heterocycles. The van der Waals surface area contributed by atoms with Crippen LogP contribution in [0, 0.1) is 5.82 Å². The van der Waals surface area contributed by atoms with Crippen LogP contribution in [-0.4, -0.2) is 41.9 Å². The van der Waals surface area contributed by atoms with Crippen molar-refractivity contribution >= 4 is 17.4 Å². The van der Waals surface area contributed by atoms with Gasteiger partial charge < -0.3 is 19.3 Å². The smallest absolute Gasteiger partial charge is 0.422 e. The first kappa shape index (κ1) is 29.1. The fourth-order valence-electron chi connectivity index (χ4n) is 4.72. The molecule has 0 spiro atoms. The van der Waals surface area contributed by atoms with E-state index < -0.39 is 47.3 Å². The molecule has 1 unspecified atom stereocenters. The monoisotopic (exact) mass is 593 g/mol. The van der Waals surface area contributed by atoms with Crippen molar-refractivity contribution in [3.8, 4) is 28.5 Å². The zero-order valence-corrected chi connectivity index (χ0v) is 23.3. The molecule has 2 heterocycles. The van der Waals surface area contributed by atoms with Crippen LogP contribution in [0.3, 0.4) is 0 Å². The van der Waals surface area contributed by atoms with Crippen LogP contribution in [0.4, 0.5) is 17.6 Å². The summed E-state index contributed by atoms with van der Waals surface area (Å²) in [5.41, 5.74) is -4.18. The lowest BCUT2D eigenvalue weighted by Gasteiger charge is -2.31. The van der Waals surface area contributed by atoms with E-state index in [0.29, 0.717) is 17.1 Å². The summed E-state index contributed by atoms with van der Waals surface area (Å²) in [6.45, 7) is 3.72. The Hall–Kier alpha value is -3.37. The van der Waals surface area contributed by atoms with E-state index in [2.05, 4.69) is 4.98 Å². The Balaban J connectivity index is 1.51. The van der Waals surface area contributed by atoms with E-state index >= 15 is 0 Å². The largest absolute Gasteiger partial charge is 0.493 e. The van der Waals surface area contributed by atoms with Gasteiger partial charge in [-0.05, 0) is 61.7 Å². The van der Waals surface area contributed by atoms with Gasteiger partial charge in [0.25, 0.3) is 0 Å². The molecule has 218 valence electrons. The quantitative estimate of drug-likeness (QED) is 0.209. The second-order valence-electron chi connectivity index (χ2n) is 11.0. The van der Waals surface area contributed by atoms with Crippen molar-refractivity contribution in [1.29, 1.82) is 0 Å². The average molecular weight is 594 g/mol. The highest BCUT2D eigenvalue weighted by atomic mass is 35.5. The molecule has 2 aliphatic rings. The minimum Gasteiger partial charge on any atom is -0.493 e. The zero-order valence-electron chi connectivity index (χ0n) is 22.6. The molecule has 11 heteroatoms. The molecule has 0 saturated heterocycles. The number of pyridine rings is 1. The highest BCUT2D eigenvalue weighted by Gasteiger charge is 2.56. The highest BCUT2D eigenvalue weighted by Crippen LogP contribution is 2.49. The lowest BCUT2D eigenvalue weighted by molar-refractivity contribution is -0.270. The maximum absolute atomic E-state index is 14.6. The van der Waals surface area contributed by atoms with Crippen molar-refractivity contribution in [1.82, 2.24) is 4.98 Å². The number of nitrogens with zero attached hydrogens (tertiary/aromatic N) is 1. The number of alkyl halides is 3. The summed E-state index contributed by atoms with van der Waals surface area (Å²) in [5, 5.41) is 11.0. The molecule has 5 rings (SSSR count). The minimum atomic E-state index is -5.19. The van der Waals surface area contributed by atoms with Crippen molar-refractivity contribution in [2.45, 2.75) is 62.8 Å². The third-order valence-corrected chi connectivity index (χ3v) is 7.67. The van der Waals surface area contributed by atoms with Crippen molar-refractivity contribution in [2.75, 3.05) is 13.7 Å².